The summed E-state index contributed by atoms with van der Waals surface area (Å²) < 4.78 is 11.5. The Morgan fingerprint density at radius 1 is 1.33 bits per heavy atom. The summed E-state index contributed by atoms with van der Waals surface area (Å²) >= 11 is 0. The van der Waals surface area contributed by atoms with Crippen LogP contribution in [-0.2, 0) is 20.8 Å². The van der Waals surface area contributed by atoms with Crippen LogP contribution >= 0.6 is 0 Å². The second-order valence-electron chi connectivity index (χ2n) is 3.96. The van der Waals surface area contributed by atoms with Gasteiger partial charge in [-0.3, -0.25) is 9.59 Å². The fourth-order valence-electron chi connectivity index (χ4n) is 1.43. The van der Waals surface area contributed by atoms with Crippen molar-refractivity contribution in [3.05, 3.63) is 34.2 Å². The van der Waals surface area contributed by atoms with Gasteiger partial charge in [-0.2, -0.15) is 0 Å². The van der Waals surface area contributed by atoms with Crippen LogP contribution < -0.4 is 5.56 Å². The molecule has 0 unspecified atom stereocenters. The number of nitrogens with zero attached hydrogens (tertiary/aromatic N) is 1. The van der Waals surface area contributed by atoms with Crippen LogP contribution in [0.15, 0.2) is 23.1 Å². The smallest absolute Gasteiger partial charge is 0.326 e. The second kappa shape index (κ2) is 7.66. The molecule has 0 atom stereocenters. The predicted octanol–water partition coefficient (Wildman–Crippen LogP) is 1.13. The van der Waals surface area contributed by atoms with Crippen molar-refractivity contribution in [2.24, 2.45) is 0 Å². The number of hydrogen-bond acceptors (Lipinski definition) is 4. The SMILES string of the molecule is CCCOCCOC(=O)Cn1cccc(C)c1=O. The lowest BCUT2D eigenvalue weighted by atomic mass is 10.3. The fourth-order valence-corrected chi connectivity index (χ4v) is 1.43. The lowest BCUT2D eigenvalue weighted by Gasteiger charge is -2.07. The first-order chi connectivity index (χ1) is 8.65. The molecule has 0 radical (unpaired) electrons. The Labute approximate surface area is 106 Å². The largest absolute Gasteiger partial charge is 0.462 e. The molecule has 1 aromatic rings. The van der Waals surface area contributed by atoms with E-state index in [0.29, 0.717) is 18.8 Å². The molecule has 18 heavy (non-hydrogen) atoms. The van der Waals surface area contributed by atoms with Crippen LogP contribution in [0.5, 0.6) is 0 Å². The van der Waals surface area contributed by atoms with Gasteiger partial charge in [-0.25, -0.2) is 0 Å². The summed E-state index contributed by atoms with van der Waals surface area (Å²) in [6.45, 7) is 4.93. The van der Waals surface area contributed by atoms with Crippen LogP contribution in [0.4, 0.5) is 0 Å². The van der Waals surface area contributed by atoms with Gasteiger partial charge in [-0.15, -0.1) is 0 Å². The number of pyridine rings is 1. The molecule has 1 rings (SSSR count). The Morgan fingerprint density at radius 2 is 2.11 bits per heavy atom. The minimum atomic E-state index is -0.428. The van der Waals surface area contributed by atoms with Crippen molar-refractivity contribution in [2.45, 2.75) is 26.8 Å². The molecule has 1 aromatic heterocycles. The molecule has 0 saturated carbocycles. The highest BCUT2D eigenvalue weighted by atomic mass is 16.6. The van der Waals surface area contributed by atoms with Crippen LogP contribution in [0.1, 0.15) is 18.9 Å². The highest BCUT2D eigenvalue weighted by Crippen LogP contribution is 1.91. The molecular weight excluding hydrogens is 234 g/mol. The zero-order valence-corrected chi connectivity index (χ0v) is 10.8. The van der Waals surface area contributed by atoms with E-state index < -0.39 is 5.97 Å². The first-order valence-corrected chi connectivity index (χ1v) is 6.04. The van der Waals surface area contributed by atoms with Crippen LogP contribution in [-0.4, -0.2) is 30.4 Å². The summed E-state index contributed by atoms with van der Waals surface area (Å²) in [5.41, 5.74) is 0.438. The topological polar surface area (TPSA) is 57.5 Å². The van der Waals surface area contributed by atoms with Gasteiger partial charge in [0.15, 0.2) is 0 Å². The van der Waals surface area contributed by atoms with E-state index in [-0.39, 0.29) is 18.7 Å². The molecule has 0 aliphatic rings. The fraction of sp³-hybridized carbons (Fsp3) is 0.538. The molecule has 0 amide bonds. The lowest BCUT2D eigenvalue weighted by molar-refractivity contribution is -0.146. The maximum absolute atomic E-state index is 11.6. The van der Waals surface area contributed by atoms with Crippen molar-refractivity contribution in [1.82, 2.24) is 4.57 Å². The van der Waals surface area contributed by atoms with E-state index in [1.165, 1.54) is 4.57 Å². The first-order valence-electron chi connectivity index (χ1n) is 6.04. The van der Waals surface area contributed by atoms with Crippen LogP contribution in [0.3, 0.4) is 0 Å². The lowest BCUT2D eigenvalue weighted by Crippen LogP contribution is -2.26. The molecule has 0 fully saturated rings. The molecule has 5 heteroatoms. The number of aromatic nitrogens is 1. The molecule has 1 heterocycles. The molecule has 0 aromatic carbocycles. The number of hydrogen-bond donors (Lipinski definition) is 0. The van der Waals surface area contributed by atoms with Crippen molar-refractivity contribution in [1.29, 1.82) is 0 Å². The van der Waals surface area contributed by atoms with Crippen molar-refractivity contribution in [3.63, 3.8) is 0 Å². The summed E-state index contributed by atoms with van der Waals surface area (Å²) in [6.07, 6.45) is 2.51. The summed E-state index contributed by atoms with van der Waals surface area (Å²) in [6, 6.07) is 3.44. The molecular formula is C13H19NO4. The number of esters is 1. The van der Waals surface area contributed by atoms with E-state index in [1.54, 1.807) is 25.3 Å². The maximum atomic E-state index is 11.6. The van der Waals surface area contributed by atoms with Gasteiger partial charge in [-0.05, 0) is 19.4 Å². The Balaban J connectivity index is 2.36. The highest BCUT2D eigenvalue weighted by Gasteiger charge is 2.06. The van der Waals surface area contributed by atoms with Gasteiger partial charge in [0.25, 0.3) is 5.56 Å². The standard InChI is InChI=1S/C13H19NO4/c1-3-7-17-8-9-18-12(15)10-14-6-4-5-11(2)13(14)16/h4-6H,3,7-10H2,1-2H3. The molecule has 0 N–H and O–H groups in total. The molecule has 0 spiro atoms. The normalized spacial score (nSPS) is 10.3. The quantitative estimate of drug-likeness (QED) is 0.540. The molecule has 5 nitrogen and oxygen atoms in total. The van der Waals surface area contributed by atoms with E-state index in [0.717, 1.165) is 6.42 Å². The summed E-state index contributed by atoms with van der Waals surface area (Å²) in [5, 5.41) is 0. The second-order valence-corrected chi connectivity index (χ2v) is 3.96. The van der Waals surface area contributed by atoms with E-state index in [2.05, 4.69) is 0 Å². The van der Waals surface area contributed by atoms with Gasteiger partial charge in [0, 0.05) is 18.4 Å². The minimum Gasteiger partial charge on any atom is -0.462 e. The Morgan fingerprint density at radius 3 is 2.83 bits per heavy atom. The number of carbonyl (C=O) groups excluding carboxylic acids is 1. The third-order valence-corrected chi connectivity index (χ3v) is 2.35. The van der Waals surface area contributed by atoms with Gasteiger partial charge in [0.2, 0.25) is 0 Å². The zero-order chi connectivity index (χ0) is 13.4. The highest BCUT2D eigenvalue weighted by molar-refractivity contribution is 5.69. The minimum absolute atomic E-state index is 0.0612. The van der Waals surface area contributed by atoms with Crippen molar-refractivity contribution < 1.29 is 14.3 Å². The summed E-state index contributed by atoms with van der Waals surface area (Å²) in [5.74, 6) is -0.428. The summed E-state index contributed by atoms with van der Waals surface area (Å²) in [7, 11) is 0. The van der Waals surface area contributed by atoms with E-state index in [1.807, 2.05) is 6.92 Å². The van der Waals surface area contributed by atoms with Gasteiger partial charge >= 0.3 is 5.97 Å². The molecule has 0 saturated heterocycles. The number of rotatable bonds is 7. The monoisotopic (exact) mass is 253 g/mol. The van der Waals surface area contributed by atoms with Gasteiger partial charge in [-0.1, -0.05) is 13.0 Å². The van der Waals surface area contributed by atoms with E-state index in [9.17, 15) is 9.59 Å². The van der Waals surface area contributed by atoms with Crippen LogP contribution in [0.2, 0.25) is 0 Å². The van der Waals surface area contributed by atoms with Gasteiger partial charge in [0.1, 0.15) is 13.2 Å². The Bertz CT molecular complexity index is 439. The average molecular weight is 253 g/mol. The third kappa shape index (κ3) is 4.71. The third-order valence-electron chi connectivity index (χ3n) is 2.35. The van der Waals surface area contributed by atoms with Crippen molar-refractivity contribution >= 4 is 5.97 Å². The molecule has 0 aliphatic carbocycles. The van der Waals surface area contributed by atoms with E-state index in [4.69, 9.17) is 9.47 Å². The predicted molar refractivity (Wildman–Crippen MR) is 67.5 cm³/mol. The van der Waals surface area contributed by atoms with Gasteiger partial charge < -0.3 is 14.0 Å². The van der Waals surface area contributed by atoms with Crippen LogP contribution in [0, 0.1) is 6.92 Å². The summed E-state index contributed by atoms with van der Waals surface area (Å²) in [4.78, 5) is 23.1. The molecule has 0 aliphatic heterocycles. The van der Waals surface area contributed by atoms with Crippen molar-refractivity contribution in [2.75, 3.05) is 19.8 Å². The van der Waals surface area contributed by atoms with Gasteiger partial charge in [0.05, 0.1) is 6.61 Å². The maximum Gasteiger partial charge on any atom is 0.326 e. The van der Waals surface area contributed by atoms with Crippen LogP contribution in [0.25, 0.3) is 0 Å². The number of aryl methyl sites for hydroxylation is 1. The Kier molecular flexibility index (Phi) is 6.14. The first kappa shape index (κ1) is 14.4. The molecule has 100 valence electrons. The molecule has 0 bridgehead atoms. The zero-order valence-electron chi connectivity index (χ0n) is 10.8. The number of carbonyl (C=O) groups is 1. The van der Waals surface area contributed by atoms with Crippen molar-refractivity contribution in [3.8, 4) is 0 Å². The average Bonchev–Trinajstić information content (AvgIpc) is 2.35. The number of ether oxygens (including phenoxy) is 2. The Hall–Kier alpha value is -1.62. The van der Waals surface area contributed by atoms with E-state index >= 15 is 0 Å².